The minimum absolute atomic E-state index is 0.754. The molecule has 2 heterocycles. The molecule has 0 spiro atoms. The number of fused-ring (bicyclic) bond motifs is 1. The van der Waals surface area contributed by atoms with E-state index in [-0.39, 0.29) is 0 Å². The van der Waals surface area contributed by atoms with Gasteiger partial charge >= 0.3 is 0 Å². The van der Waals surface area contributed by atoms with E-state index in [0.717, 1.165) is 52.2 Å². The molecule has 0 amide bonds. The third-order valence-corrected chi connectivity index (χ3v) is 5.07. The van der Waals surface area contributed by atoms with E-state index in [2.05, 4.69) is 79.0 Å². The summed E-state index contributed by atoms with van der Waals surface area (Å²) in [5.74, 6) is 1.61. The number of rotatable bonds is 6. The number of hydrogen-bond donors (Lipinski definition) is 2. The van der Waals surface area contributed by atoms with Crippen molar-refractivity contribution in [2.75, 3.05) is 11.9 Å². The topological polar surface area (TPSA) is 79.4 Å². The molecule has 5 rings (SSSR count). The van der Waals surface area contributed by atoms with Crippen LogP contribution in [0.5, 0.6) is 0 Å². The van der Waals surface area contributed by atoms with Crippen molar-refractivity contribution in [2.24, 2.45) is 0 Å². The summed E-state index contributed by atoms with van der Waals surface area (Å²) >= 11 is 0. The fourth-order valence-corrected chi connectivity index (χ4v) is 3.54. The lowest BCUT2D eigenvalue weighted by Crippen LogP contribution is -2.07. The van der Waals surface area contributed by atoms with Gasteiger partial charge in [-0.1, -0.05) is 54.6 Å². The van der Waals surface area contributed by atoms with Gasteiger partial charge in [0.05, 0.1) is 5.52 Å². The smallest absolute Gasteiger partial charge is 0.161 e. The first kappa shape index (κ1) is 18.0. The fourth-order valence-electron chi connectivity index (χ4n) is 3.54. The lowest BCUT2D eigenvalue weighted by Gasteiger charge is -2.10. The van der Waals surface area contributed by atoms with Crippen molar-refractivity contribution in [1.29, 1.82) is 0 Å². The molecule has 3 aromatic carbocycles. The summed E-state index contributed by atoms with van der Waals surface area (Å²) in [6.45, 7) is 0.807. The number of H-pyrrole nitrogens is 1. The highest BCUT2D eigenvalue weighted by Gasteiger charge is 2.08. The highest BCUT2D eigenvalue weighted by Crippen LogP contribution is 2.29. The summed E-state index contributed by atoms with van der Waals surface area (Å²) in [6, 6.07) is 24.9. The highest BCUT2D eigenvalue weighted by atomic mass is 15.2. The van der Waals surface area contributed by atoms with E-state index in [9.17, 15) is 0 Å². The second kappa shape index (κ2) is 8.13. The summed E-state index contributed by atoms with van der Waals surface area (Å²) in [4.78, 5) is 12.0. The molecular formula is C24H20N6. The van der Waals surface area contributed by atoms with Gasteiger partial charge in [0.15, 0.2) is 5.82 Å². The molecular weight excluding hydrogens is 372 g/mol. The standard InChI is InChI=1S/C24H20N6/c1-2-5-17(6-3-1)11-12-25-24-21-14-19(9-10-22(21)26-15-27-24)18-7-4-8-20(13-18)23-28-16-29-30-23/h1-10,13-16H,11-12H2,(H,25,26,27)(H,28,29,30). The maximum absolute atomic E-state index is 4.49. The van der Waals surface area contributed by atoms with Crippen molar-refractivity contribution in [3.05, 3.63) is 91.0 Å². The molecule has 0 aliphatic heterocycles. The van der Waals surface area contributed by atoms with Crippen molar-refractivity contribution in [2.45, 2.75) is 6.42 Å². The number of hydrogen-bond acceptors (Lipinski definition) is 5. The predicted octanol–water partition coefficient (Wildman–Crippen LogP) is 4.74. The Labute approximate surface area is 174 Å². The minimum Gasteiger partial charge on any atom is -0.369 e. The monoisotopic (exact) mass is 392 g/mol. The first-order valence-corrected chi connectivity index (χ1v) is 9.86. The molecule has 0 bridgehead atoms. The van der Waals surface area contributed by atoms with E-state index in [4.69, 9.17) is 0 Å². The molecule has 0 saturated heterocycles. The number of nitrogens with zero attached hydrogens (tertiary/aromatic N) is 4. The quantitative estimate of drug-likeness (QED) is 0.436. The predicted molar refractivity (Wildman–Crippen MR) is 119 cm³/mol. The zero-order valence-electron chi connectivity index (χ0n) is 16.3. The fraction of sp³-hybridized carbons (Fsp3) is 0.0833. The summed E-state index contributed by atoms with van der Waals surface area (Å²) in [5, 5.41) is 12.5. The number of anilines is 1. The maximum Gasteiger partial charge on any atom is 0.161 e. The van der Waals surface area contributed by atoms with Crippen LogP contribution in [0.25, 0.3) is 33.4 Å². The van der Waals surface area contributed by atoms with E-state index >= 15 is 0 Å². The van der Waals surface area contributed by atoms with Crippen LogP contribution in [0.2, 0.25) is 0 Å². The van der Waals surface area contributed by atoms with E-state index in [0.29, 0.717) is 0 Å². The highest BCUT2D eigenvalue weighted by molar-refractivity contribution is 5.92. The number of benzene rings is 3. The average Bonchev–Trinajstić information content (AvgIpc) is 3.35. The molecule has 0 radical (unpaired) electrons. The molecule has 6 nitrogen and oxygen atoms in total. The molecule has 0 saturated carbocycles. The maximum atomic E-state index is 4.49. The second-order valence-corrected chi connectivity index (χ2v) is 7.03. The Balaban J connectivity index is 1.44. The Morgan fingerprint density at radius 2 is 1.67 bits per heavy atom. The molecule has 0 atom stereocenters. The molecule has 6 heteroatoms. The number of aromatic amines is 1. The van der Waals surface area contributed by atoms with Crippen LogP contribution in [0.3, 0.4) is 0 Å². The Bertz CT molecular complexity index is 1270. The summed E-state index contributed by atoms with van der Waals surface area (Å²) in [6.07, 6.45) is 4.13. The van der Waals surface area contributed by atoms with Crippen LogP contribution in [0.15, 0.2) is 85.5 Å². The SMILES string of the molecule is c1ccc(CCNc2ncnc3ccc(-c4cccc(-c5nnc[nH]5)c4)cc23)cc1. The van der Waals surface area contributed by atoms with Crippen molar-refractivity contribution < 1.29 is 0 Å². The Morgan fingerprint density at radius 1 is 0.800 bits per heavy atom. The van der Waals surface area contributed by atoms with Gasteiger partial charge < -0.3 is 10.3 Å². The summed E-state index contributed by atoms with van der Waals surface area (Å²) in [7, 11) is 0. The third-order valence-electron chi connectivity index (χ3n) is 5.07. The van der Waals surface area contributed by atoms with Gasteiger partial charge in [0.2, 0.25) is 0 Å². The van der Waals surface area contributed by atoms with Crippen LogP contribution in [-0.2, 0) is 6.42 Å². The third kappa shape index (κ3) is 3.75. The zero-order chi connectivity index (χ0) is 20.2. The van der Waals surface area contributed by atoms with Gasteiger partial charge in [-0.3, -0.25) is 0 Å². The van der Waals surface area contributed by atoms with Crippen LogP contribution in [0.1, 0.15) is 5.56 Å². The van der Waals surface area contributed by atoms with E-state index in [1.165, 1.54) is 5.56 Å². The normalized spacial score (nSPS) is 10.9. The Hall–Kier alpha value is -4.06. The molecule has 0 unspecified atom stereocenters. The van der Waals surface area contributed by atoms with Crippen molar-refractivity contribution in [1.82, 2.24) is 25.1 Å². The van der Waals surface area contributed by atoms with Gasteiger partial charge in [-0.05, 0) is 41.3 Å². The molecule has 5 aromatic rings. The van der Waals surface area contributed by atoms with E-state index in [1.807, 2.05) is 24.3 Å². The van der Waals surface area contributed by atoms with Gasteiger partial charge in [0, 0.05) is 17.5 Å². The number of nitrogens with one attached hydrogen (secondary N) is 2. The van der Waals surface area contributed by atoms with Gasteiger partial charge in [-0.2, -0.15) is 0 Å². The van der Waals surface area contributed by atoms with Gasteiger partial charge in [0.1, 0.15) is 18.5 Å². The summed E-state index contributed by atoms with van der Waals surface area (Å²) in [5.41, 5.74) is 5.42. The molecule has 30 heavy (non-hydrogen) atoms. The van der Waals surface area contributed by atoms with Crippen molar-refractivity contribution in [3.8, 4) is 22.5 Å². The van der Waals surface area contributed by atoms with Crippen LogP contribution < -0.4 is 5.32 Å². The van der Waals surface area contributed by atoms with Crippen LogP contribution in [0, 0.1) is 0 Å². The summed E-state index contributed by atoms with van der Waals surface area (Å²) < 4.78 is 0. The van der Waals surface area contributed by atoms with Crippen LogP contribution in [-0.4, -0.2) is 31.7 Å². The van der Waals surface area contributed by atoms with Crippen LogP contribution >= 0.6 is 0 Å². The molecule has 146 valence electrons. The van der Waals surface area contributed by atoms with Crippen molar-refractivity contribution in [3.63, 3.8) is 0 Å². The van der Waals surface area contributed by atoms with Crippen molar-refractivity contribution >= 4 is 16.7 Å². The average molecular weight is 392 g/mol. The van der Waals surface area contributed by atoms with E-state index < -0.39 is 0 Å². The molecule has 0 fully saturated rings. The lowest BCUT2D eigenvalue weighted by atomic mass is 10.0. The first-order valence-electron chi connectivity index (χ1n) is 9.86. The molecule has 0 aliphatic rings. The second-order valence-electron chi connectivity index (χ2n) is 7.03. The largest absolute Gasteiger partial charge is 0.369 e. The minimum atomic E-state index is 0.754. The Morgan fingerprint density at radius 3 is 2.53 bits per heavy atom. The Kier molecular flexibility index (Phi) is 4.88. The number of aromatic nitrogens is 5. The molecule has 2 N–H and O–H groups in total. The van der Waals surface area contributed by atoms with Gasteiger partial charge in [-0.15, -0.1) is 10.2 Å². The van der Waals surface area contributed by atoms with Crippen LogP contribution in [0.4, 0.5) is 5.82 Å². The van der Waals surface area contributed by atoms with Gasteiger partial charge in [-0.25, -0.2) is 9.97 Å². The zero-order valence-corrected chi connectivity index (χ0v) is 16.3. The molecule has 0 aliphatic carbocycles. The molecule has 2 aromatic heterocycles. The lowest BCUT2D eigenvalue weighted by molar-refractivity contribution is 1.01. The van der Waals surface area contributed by atoms with E-state index in [1.54, 1.807) is 12.7 Å². The first-order chi connectivity index (χ1) is 14.9. The van der Waals surface area contributed by atoms with Gasteiger partial charge in [0.25, 0.3) is 0 Å².